The highest BCUT2D eigenvalue weighted by molar-refractivity contribution is 7.85. The fourth-order valence-electron chi connectivity index (χ4n) is 1.31. The lowest BCUT2D eigenvalue weighted by molar-refractivity contribution is 0.298. The maximum absolute atomic E-state index is 11.7. The molecule has 1 aromatic heterocycles. The van der Waals surface area contributed by atoms with Crippen molar-refractivity contribution in [3.63, 3.8) is 0 Å². The molecule has 0 aliphatic heterocycles. The van der Waals surface area contributed by atoms with Gasteiger partial charge in [0.05, 0.1) is 29.5 Å². The Morgan fingerprint density at radius 3 is 2.74 bits per heavy atom. The van der Waals surface area contributed by atoms with E-state index in [1.807, 2.05) is 32.9 Å². The number of nitrogens with zero attached hydrogens (tertiary/aromatic N) is 2. The summed E-state index contributed by atoms with van der Waals surface area (Å²) in [5.41, 5.74) is 0.691. The first-order valence-corrected chi connectivity index (χ1v) is 7.61. The van der Waals surface area contributed by atoms with Crippen LogP contribution in [0.3, 0.4) is 0 Å². The number of hydrogen-bond acceptors (Lipinski definition) is 3. The molecule has 1 aliphatic carbocycles. The van der Waals surface area contributed by atoms with Gasteiger partial charge in [0.15, 0.2) is 0 Å². The molecule has 0 saturated heterocycles. The molecule has 104 valence electrons. The Balaban J connectivity index is 1.90. The minimum Gasteiger partial charge on any atom is -0.492 e. The zero-order valence-electron chi connectivity index (χ0n) is 11.6. The second-order valence-corrected chi connectivity index (χ2v) is 7.70. The normalized spacial score (nSPS) is 17.6. The van der Waals surface area contributed by atoms with E-state index in [0.29, 0.717) is 5.69 Å². The van der Waals surface area contributed by atoms with Crippen LogP contribution in [0.25, 0.3) is 0 Å². The van der Waals surface area contributed by atoms with E-state index in [1.54, 1.807) is 12.4 Å². The summed E-state index contributed by atoms with van der Waals surface area (Å²) in [4.78, 5) is 4.22. The van der Waals surface area contributed by atoms with Gasteiger partial charge < -0.3 is 4.74 Å². The fraction of sp³-hybridized carbons (Fsp3) is 0.571. The van der Waals surface area contributed by atoms with E-state index in [-0.39, 0.29) is 4.75 Å². The van der Waals surface area contributed by atoms with Gasteiger partial charge in [-0.1, -0.05) is 0 Å². The van der Waals surface area contributed by atoms with Crippen molar-refractivity contribution in [3.8, 4) is 5.75 Å². The molecule has 0 bridgehead atoms. The predicted octanol–water partition coefficient (Wildman–Crippen LogP) is 2.75. The summed E-state index contributed by atoms with van der Waals surface area (Å²) in [6.07, 6.45) is 5.78. The molecule has 1 atom stereocenters. The third-order valence-corrected chi connectivity index (χ3v) is 4.09. The zero-order valence-corrected chi connectivity index (χ0v) is 12.4. The average molecular weight is 280 g/mol. The average Bonchev–Trinajstić information content (AvgIpc) is 3.17. The Kier molecular flexibility index (Phi) is 4.34. The Labute approximate surface area is 116 Å². The highest BCUT2D eigenvalue weighted by Gasteiger charge is 2.21. The van der Waals surface area contributed by atoms with Gasteiger partial charge in [0.25, 0.3) is 0 Å². The van der Waals surface area contributed by atoms with Gasteiger partial charge in [-0.05, 0) is 51.7 Å². The lowest BCUT2D eigenvalue weighted by Crippen LogP contribution is -2.19. The molecule has 1 aromatic rings. The second kappa shape index (κ2) is 5.82. The van der Waals surface area contributed by atoms with Gasteiger partial charge in [0.2, 0.25) is 0 Å². The molecule has 19 heavy (non-hydrogen) atoms. The largest absolute Gasteiger partial charge is 0.492 e. The lowest BCUT2D eigenvalue weighted by atomic mass is 10.3. The third-order valence-electron chi connectivity index (χ3n) is 2.75. The topological polar surface area (TPSA) is 51.5 Å². The molecule has 1 aliphatic rings. The second-order valence-electron chi connectivity index (χ2n) is 5.77. The van der Waals surface area contributed by atoms with Gasteiger partial charge in [-0.2, -0.15) is 4.40 Å². The maximum Gasteiger partial charge on any atom is 0.144 e. The van der Waals surface area contributed by atoms with Crippen LogP contribution in [0.4, 0.5) is 0 Å². The van der Waals surface area contributed by atoms with Gasteiger partial charge in [-0.25, -0.2) is 4.21 Å². The Morgan fingerprint density at radius 2 is 2.21 bits per heavy atom. The molecule has 0 aromatic carbocycles. The number of aromatic nitrogens is 1. The molecule has 1 saturated carbocycles. The van der Waals surface area contributed by atoms with E-state index in [2.05, 4.69) is 9.38 Å². The number of hydrogen-bond donors (Lipinski definition) is 0. The van der Waals surface area contributed by atoms with E-state index in [9.17, 15) is 4.21 Å². The van der Waals surface area contributed by atoms with Gasteiger partial charge >= 0.3 is 0 Å². The van der Waals surface area contributed by atoms with Gasteiger partial charge in [-0.15, -0.1) is 0 Å². The zero-order chi connectivity index (χ0) is 13.9. The summed E-state index contributed by atoms with van der Waals surface area (Å²) >= 11 is 0. The summed E-state index contributed by atoms with van der Waals surface area (Å²) in [5.74, 6) is 1.51. The van der Waals surface area contributed by atoms with Crippen molar-refractivity contribution in [2.75, 3.05) is 6.61 Å². The molecule has 4 nitrogen and oxygen atoms in total. The summed E-state index contributed by atoms with van der Waals surface area (Å²) in [6, 6.07) is 3.70. The first-order valence-electron chi connectivity index (χ1n) is 6.50. The van der Waals surface area contributed by atoms with Crippen molar-refractivity contribution < 1.29 is 8.95 Å². The molecule has 1 fully saturated rings. The summed E-state index contributed by atoms with van der Waals surface area (Å²) in [7, 11) is -1.25. The molecule has 2 rings (SSSR count). The van der Waals surface area contributed by atoms with E-state index < -0.39 is 11.0 Å². The number of pyridine rings is 1. The van der Waals surface area contributed by atoms with Crippen LogP contribution in [0, 0.1) is 5.92 Å². The Morgan fingerprint density at radius 1 is 1.47 bits per heavy atom. The van der Waals surface area contributed by atoms with Crippen LogP contribution in [0.2, 0.25) is 0 Å². The third kappa shape index (κ3) is 4.74. The van der Waals surface area contributed by atoms with Crippen LogP contribution >= 0.6 is 0 Å². The summed E-state index contributed by atoms with van der Waals surface area (Å²) < 4.78 is 21.0. The van der Waals surface area contributed by atoms with Crippen molar-refractivity contribution >= 4 is 17.2 Å². The molecule has 0 radical (unpaired) electrons. The molecule has 0 N–H and O–H groups in total. The van der Waals surface area contributed by atoms with Crippen LogP contribution in [0.15, 0.2) is 22.7 Å². The van der Waals surface area contributed by atoms with Gasteiger partial charge in [0.1, 0.15) is 16.7 Å². The molecule has 0 unspecified atom stereocenters. The van der Waals surface area contributed by atoms with E-state index in [1.165, 1.54) is 12.8 Å². The fourth-order valence-corrected chi connectivity index (χ4v) is 1.83. The molecule has 0 spiro atoms. The van der Waals surface area contributed by atoms with E-state index in [0.717, 1.165) is 18.3 Å². The van der Waals surface area contributed by atoms with E-state index >= 15 is 0 Å². The standard InChI is InChI=1S/C14H20N2O2S/c1-14(2,3)19(17)16-8-12-6-7-13(9-15-12)18-10-11-4-5-11/h6-9,11H,4-5,10H2,1-3H3/t19-/m1/s1. The summed E-state index contributed by atoms with van der Waals surface area (Å²) in [5, 5.41) is 0. The predicted molar refractivity (Wildman–Crippen MR) is 77.9 cm³/mol. The quantitative estimate of drug-likeness (QED) is 0.779. The Hall–Kier alpha value is -1.23. The maximum atomic E-state index is 11.7. The molecular weight excluding hydrogens is 260 g/mol. The first-order chi connectivity index (χ1) is 8.95. The minimum absolute atomic E-state index is 0.343. The van der Waals surface area contributed by atoms with Crippen molar-refractivity contribution in [1.82, 2.24) is 4.98 Å². The van der Waals surface area contributed by atoms with Crippen molar-refractivity contribution in [2.24, 2.45) is 10.3 Å². The van der Waals surface area contributed by atoms with Gasteiger partial charge in [-0.3, -0.25) is 4.98 Å². The lowest BCUT2D eigenvalue weighted by Gasteiger charge is -2.12. The monoisotopic (exact) mass is 280 g/mol. The smallest absolute Gasteiger partial charge is 0.144 e. The van der Waals surface area contributed by atoms with Crippen LogP contribution in [0.1, 0.15) is 39.3 Å². The minimum atomic E-state index is -1.25. The number of rotatable bonds is 5. The summed E-state index contributed by atoms with van der Waals surface area (Å²) in [6.45, 7) is 6.46. The van der Waals surface area contributed by atoms with Crippen molar-refractivity contribution in [3.05, 3.63) is 24.0 Å². The highest BCUT2D eigenvalue weighted by atomic mass is 32.2. The van der Waals surface area contributed by atoms with E-state index in [4.69, 9.17) is 4.74 Å². The van der Waals surface area contributed by atoms with Gasteiger partial charge in [0, 0.05) is 0 Å². The number of ether oxygens (including phenoxy) is 1. The Bertz CT molecular complexity index is 473. The van der Waals surface area contributed by atoms with Crippen molar-refractivity contribution in [2.45, 2.75) is 38.4 Å². The van der Waals surface area contributed by atoms with Crippen LogP contribution in [0.5, 0.6) is 5.75 Å². The van der Waals surface area contributed by atoms with Crippen LogP contribution < -0.4 is 4.74 Å². The SMILES string of the molecule is CC(C)(C)[S@@](=O)N=Cc1ccc(OCC2CC2)cn1. The van der Waals surface area contributed by atoms with Crippen molar-refractivity contribution in [1.29, 1.82) is 0 Å². The molecule has 0 amide bonds. The highest BCUT2D eigenvalue weighted by Crippen LogP contribution is 2.29. The first kappa shape index (κ1) is 14.2. The van der Waals surface area contributed by atoms with Crippen LogP contribution in [-0.2, 0) is 11.0 Å². The molecule has 5 heteroatoms. The molecular formula is C14H20N2O2S. The molecule has 1 heterocycles. The van der Waals surface area contributed by atoms with Crippen LogP contribution in [-0.4, -0.2) is 26.8 Å².